The highest BCUT2D eigenvalue weighted by Gasteiger charge is 2.10. The number of H-pyrrole nitrogens is 1. The van der Waals surface area contributed by atoms with Crippen molar-refractivity contribution in [3.8, 4) is 11.4 Å². The summed E-state index contributed by atoms with van der Waals surface area (Å²) >= 11 is 5.98. The van der Waals surface area contributed by atoms with Crippen molar-refractivity contribution in [1.82, 2.24) is 15.0 Å². The fourth-order valence-corrected chi connectivity index (χ4v) is 2.07. The molecule has 2 aromatic heterocycles. The number of anilines is 1. The maximum absolute atomic E-state index is 5.98. The smallest absolute Gasteiger partial charge is 0.178 e. The molecular weight excluding hydrogens is 248 g/mol. The predicted molar refractivity (Wildman–Crippen MR) is 73.5 cm³/mol. The average molecular weight is 259 g/mol. The first-order valence-electron chi connectivity index (χ1n) is 5.52. The molecule has 0 amide bonds. The molecule has 4 nitrogen and oxygen atoms in total. The highest BCUT2D eigenvalue weighted by Crippen LogP contribution is 2.28. The number of rotatable bonds is 1. The fraction of sp³-hybridized carbons (Fsp3) is 0.0769. The number of aryl methyl sites for hydroxylation is 1. The van der Waals surface area contributed by atoms with Crippen molar-refractivity contribution < 1.29 is 0 Å². The van der Waals surface area contributed by atoms with Gasteiger partial charge in [-0.25, -0.2) is 9.97 Å². The normalized spacial score (nSPS) is 11.0. The van der Waals surface area contributed by atoms with Crippen LogP contribution in [0.2, 0.25) is 5.02 Å². The van der Waals surface area contributed by atoms with Crippen LogP contribution in [0.15, 0.2) is 30.5 Å². The number of hydrogen-bond donors (Lipinski definition) is 2. The van der Waals surface area contributed by atoms with Gasteiger partial charge in [0.15, 0.2) is 5.65 Å². The van der Waals surface area contributed by atoms with Crippen molar-refractivity contribution in [2.45, 2.75) is 6.92 Å². The van der Waals surface area contributed by atoms with Gasteiger partial charge >= 0.3 is 0 Å². The van der Waals surface area contributed by atoms with Gasteiger partial charge in [0.05, 0.1) is 5.52 Å². The van der Waals surface area contributed by atoms with Crippen LogP contribution in [0.3, 0.4) is 0 Å². The Morgan fingerprint density at radius 3 is 2.89 bits per heavy atom. The van der Waals surface area contributed by atoms with Gasteiger partial charge in [-0.15, -0.1) is 0 Å². The van der Waals surface area contributed by atoms with E-state index in [0.29, 0.717) is 22.2 Å². The average Bonchev–Trinajstić information content (AvgIpc) is 2.77. The zero-order valence-electron chi connectivity index (χ0n) is 9.74. The lowest BCUT2D eigenvalue weighted by atomic mass is 10.2. The highest BCUT2D eigenvalue weighted by molar-refractivity contribution is 6.31. The van der Waals surface area contributed by atoms with Crippen LogP contribution in [-0.4, -0.2) is 15.0 Å². The first-order valence-corrected chi connectivity index (χ1v) is 5.89. The number of halogens is 1. The second-order valence-electron chi connectivity index (χ2n) is 4.14. The van der Waals surface area contributed by atoms with Crippen LogP contribution in [0, 0.1) is 6.92 Å². The summed E-state index contributed by atoms with van der Waals surface area (Å²) in [5.41, 5.74) is 10.1. The van der Waals surface area contributed by atoms with E-state index < -0.39 is 0 Å². The van der Waals surface area contributed by atoms with Gasteiger partial charge in [-0.05, 0) is 36.8 Å². The molecule has 0 bridgehead atoms. The lowest BCUT2D eigenvalue weighted by Gasteiger charge is -2.02. The van der Waals surface area contributed by atoms with Gasteiger partial charge in [0.1, 0.15) is 5.82 Å². The molecule has 0 unspecified atom stereocenters. The van der Waals surface area contributed by atoms with Crippen molar-refractivity contribution in [3.05, 3.63) is 41.0 Å². The molecule has 0 fully saturated rings. The van der Waals surface area contributed by atoms with Gasteiger partial charge in [-0.2, -0.15) is 0 Å². The molecule has 0 radical (unpaired) electrons. The fourth-order valence-electron chi connectivity index (χ4n) is 1.90. The second-order valence-corrected chi connectivity index (χ2v) is 4.58. The molecule has 18 heavy (non-hydrogen) atoms. The van der Waals surface area contributed by atoms with Crippen molar-refractivity contribution in [2.24, 2.45) is 0 Å². The molecule has 1 aromatic carbocycles. The van der Waals surface area contributed by atoms with E-state index >= 15 is 0 Å². The summed E-state index contributed by atoms with van der Waals surface area (Å²) in [7, 11) is 0. The SMILES string of the molecule is Cc1ccnc2nc(-c3cc(Cl)ccc3N)[nH]c12. The Morgan fingerprint density at radius 1 is 1.28 bits per heavy atom. The quantitative estimate of drug-likeness (QED) is 0.659. The van der Waals surface area contributed by atoms with Crippen molar-refractivity contribution >= 4 is 28.5 Å². The van der Waals surface area contributed by atoms with E-state index in [1.807, 2.05) is 13.0 Å². The van der Waals surface area contributed by atoms with Crippen molar-refractivity contribution in [2.75, 3.05) is 5.73 Å². The number of nitrogens with zero attached hydrogens (tertiary/aromatic N) is 2. The number of aromatic nitrogens is 3. The van der Waals surface area contributed by atoms with E-state index in [-0.39, 0.29) is 0 Å². The summed E-state index contributed by atoms with van der Waals surface area (Å²) in [4.78, 5) is 11.9. The molecule has 3 N–H and O–H groups in total. The van der Waals surface area contributed by atoms with E-state index in [9.17, 15) is 0 Å². The number of pyridine rings is 1. The molecular formula is C13H11ClN4. The molecule has 0 saturated heterocycles. The molecule has 3 aromatic rings. The number of nitrogens with two attached hydrogens (primary N) is 1. The minimum absolute atomic E-state index is 0.629. The number of aromatic amines is 1. The first kappa shape index (κ1) is 11.0. The summed E-state index contributed by atoms with van der Waals surface area (Å²) in [5.74, 6) is 0.687. The standard InChI is InChI=1S/C13H11ClN4/c1-7-4-5-16-13-11(7)17-12(18-13)9-6-8(14)2-3-10(9)15/h2-6H,15H2,1H3,(H,16,17,18). The largest absolute Gasteiger partial charge is 0.398 e. The van der Waals surface area contributed by atoms with Crippen LogP contribution in [-0.2, 0) is 0 Å². The first-order chi connectivity index (χ1) is 8.65. The summed E-state index contributed by atoms with van der Waals surface area (Å²) in [6.07, 6.45) is 1.74. The third kappa shape index (κ3) is 1.71. The minimum Gasteiger partial charge on any atom is -0.398 e. The van der Waals surface area contributed by atoms with Gasteiger partial charge in [-0.3, -0.25) is 0 Å². The third-order valence-electron chi connectivity index (χ3n) is 2.87. The number of hydrogen-bond acceptors (Lipinski definition) is 3. The van der Waals surface area contributed by atoms with E-state index in [4.69, 9.17) is 17.3 Å². The highest BCUT2D eigenvalue weighted by atomic mass is 35.5. The zero-order chi connectivity index (χ0) is 12.7. The molecule has 0 aliphatic rings. The van der Waals surface area contributed by atoms with Crippen LogP contribution in [0.5, 0.6) is 0 Å². The molecule has 0 atom stereocenters. The summed E-state index contributed by atoms with van der Waals surface area (Å²) in [5, 5.41) is 0.629. The topological polar surface area (TPSA) is 67.6 Å². The van der Waals surface area contributed by atoms with E-state index in [1.54, 1.807) is 24.4 Å². The Kier molecular flexibility index (Phi) is 2.45. The van der Waals surface area contributed by atoms with Gasteiger partial charge in [0.2, 0.25) is 0 Å². The van der Waals surface area contributed by atoms with Crippen LogP contribution in [0.25, 0.3) is 22.6 Å². The van der Waals surface area contributed by atoms with Crippen LogP contribution < -0.4 is 5.73 Å². The molecule has 3 rings (SSSR count). The van der Waals surface area contributed by atoms with Crippen molar-refractivity contribution in [1.29, 1.82) is 0 Å². The lowest BCUT2D eigenvalue weighted by molar-refractivity contribution is 1.30. The van der Waals surface area contributed by atoms with Gasteiger partial charge in [-0.1, -0.05) is 11.6 Å². The number of imidazole rings is 1. The third-order valence-corrected chi connectivity index (χ3v) is 3.11. The molecule has 0 aliphatic carbocycles. The predicted octanol–water partition coefficient (Wildman–Crippen LogP) is 3.17. The Balaban J connectivity index is 2.26. The van der Waals surface area contributed by atoms with Gasteiger partial charge < -0.3 is 10.7 Å². The van der Waals surface area contributed by atoms with Crippen molar-refractivity contribution in [3.63, 3.8) is 0 Å². The van der Waals surface area contributed by atoms with Gasteiger partial charge in [0.25, 0.3) is 0 Å². The number of benzene rings is 1. The maximum atomic E-state index is 5.98. The lowest BCUT2D eigenvalue weighted by Crippen LogP contribution is -1.91. The Bertz CT molecular complexity index is 733. The molecule has 0 spiro atoms. The Morgan fingerprint density at radius 2 is 2.11 bits per heavy atom. The second kappa shape index (κ2) is 3.99. The van der Waals surface area contributed by atoms with Gasteiger partial charge in [0, 0.05) is 22.5 Å². The number of fused-ring (bicyclic) bond motifs is 1. The molecule has 0 saturated carbocycles. The monoisotopic (exact) mass is 258 g/mol. The summed E-state index contributed by atoms with van der Waals surface area (Å²) in [6, 6.07) is 7.26. The van der Waals surface area contributed by atoms with Crippen LogP contribution in [0.4, 0.5) is 5.69 Å². The molecule has 2 heterocycles. The number of nitrogen functional groups attached to an aromatic ring is 1. The summed E-state index contributed by atoms with van der Waals surface area (Å²) < 4.78 is 0. The number of nitrogens with one attached hydrogen (secondary N) is 1. The zero-order valence-corrected chi connectivity index (χ0v) is 10.5. The van der Waals surface area contributed by atoms with E-state index in [0.717, 1.165) is 16.6 Å². The van der Waals surface area contributed by atoms with Crippen LogP contribution in [0.1, 0.15) is 5.56 Å². The maximum Gasteiger partial charge on any atom is 0.178 e. The van der Waals surface area contributed by atoms with E-state index in [1.165, 1.54) is 0 Å². The summed E-state index contributed by atoms with van der Waals surface area (Å²) in [6.45, 7) is 2.01. The van der Waals surface area contributed by atoms with E-state index in [2.05, 4.69) is 15.0 Å². The Hall–Kier alpha value is -2.07. The van der Waals surface area contributed by atoms with Crippen LogP contribution >= 0.6 is 11.6 Å². The molecule has 0 aliphatic heterocycles. The molecule has 90 valence electrons. The molecule has 5 heteroatoms. The Labute approximate surface area is 109 Å². The minimum atomic E-state index is 0.629.